The summed E-state index contributed by atoms with van der Waals surface area (Å²) >= 11 is 5.88. The van der Waals surface area contributed by atoms with Crippen LogP contribution >= 0.6 is 11.6 Å². The first kappa shape index (κ1) is 13.6. The van der Waals surface area contributed by atoms with E-state index in [1.54, 1.807) is 13.2 Å². The Morgan fingerprint density at radius 2 is 1.84 bits per heavy atom. The summed E-state index contributed by atoms with van der Waals surface area (Å²) < 4.78 is 5.14. The number of ether oxygens (including phenoxy) is 1. The largest absolute Gasteiger partial charge is 0.497 e. The molecule has 2 rings (SSSR count). The van der Waals surface area contributed by atoms with Gasteiger partial charge in [0.15, 0.2) is 0 Å². The Kier molecular flexibility index (Phi) is 4.17. The first-order chi connectivity index (χ1) is 9.10. The number of benzene rings is 2. The second-order valence-corrected chi connectivity index (χ2v) is 4.81. The van der Waals surface area contributed by atoms with Crippen LogP contribution in [0.25, 0.3) is 0 Å². The maximum Gasteiger partial charge on any atom is 0.118 e. The van der Waals surface area contributed by atoms with Crippen LogP contribution in [0.3, 0.4) is 0 Å². The summed E-state index contributed by atoms with van der Waals surface area (Å²) in [6, 6.07) is 13.5. The van der Waals surface area contributed by atoms with Crippen LogP contribution in [0.4, 0.5) is 11.4 Å². The van der Waals surface area contributed by atoms with Gasteiger partial charge in [0.25, 0.3) is 0 Å². The van der Waals surface area contributed by atoms with Crippen molar-refractivity contribution in [3.63, 3.8) is 0 Å². The molecule has 100 valence electrons. The molecular weight excluding hydrogens is 260 g/mol. The van der Waals surface area contributed by atoms with Crippen molar-refractivity contribution >= 4 is 23.0 Å². The van der Waals surface area contributed by atoms with Crippen molar-refractivity contribution in [3.8, 4) is 5.75 Å². The number of rotatable bonds is 4. The summed E-state index contributed by atoms with van der Waals surface area (Å²) in [7, 11) is 1.66. The number of anilines is 2. The average Bonchev–Trinajstić information content (AvgIpc) is 2.42. The maximum atomic E-state index is 5.93. The predicted octanol–water partition coefficient (Wildman–Crippen LogP) is 4.10. The van der Waals surface area contributed by atoms with Crippen LogP contribution in [0.2, 0.25) is 5.02 Å². The van der Waals surface area contributed by atoms with Gasteiger partial charge in [-0.3, -0.25) is 0 Å². The van der Waals surface area contributed by atoms with Gasteiger partial charge in [0, 0.05) is 11.1 Å². The molecule has 3 nitrogen and oxygen atoms in total. The molecule has 0 saturated heterocycles. The average molecular weight is 277 g/mol. The Morgan fingerprint density at radius 3 is 2.42 bits per heavy atom. The number of methoxy groups -OCH3 is 1. The van der Waals surface area contributed by atoms with Crippen LogP contribution in [0.5, 0.6) is 5.75 Å². The third-order valence-electron chi connectivity index (χ3n) is 3.00. The first-order valence-electron chi connectivity index (χ1n) is 6.05. The lowest BCUT2D eigenvalue weighted by Crippen LogP contribution is -2.08. The summed E-state index contributed by atoms with van der Waals surface area (Å²) in [5.41, 5.74) is 8.62. The molecule has 0 amide bonds. The molecule has 2 aromatic rings. The van der Waals surface area contributed by atoms with Gasteiger partial charge in [0.05, 0.1) is 18.5 Å². The van der Waals surface area contributed by atoms with E-state index in [1.807, 2.05) is 36.4 Å². The fourth-order valence-corrected chi connectivity index (χ4v) is 2.05. The second kappa shape index (κ2) is 5.85. The zero-order valence-electron chi connectivity index (χ0n) is 11.0. The van der Waals surface area contributed by atoms with E-state index in [1.165, 1.54) is 0 Å². The van der Waals surface area contributed by atoms with Crippen LogP contribution in [-0.4, -0.2) is 7.11 Å². The maximum absolute atomic E-state index is 5.93. The Labute approximate surface area is 118 Å². The topological polar surface area (TPSA) is 47.3 Å². The SMILES string of the molecule is COc1ccc(C(C)Nc2ccc(Cl)cc2N)cc1. The minimum absolute atomic E-state index is 0.148. The molecular formula is C15H17ClN2O. The van der Waals surface area contributed by atoms with Gasteiger partial charge >= 0.3 is 0 Å². The van der Waals surface area contributed by atoms with Crippen LogP contribution in [0, 0.1) is 0 Å². The standard InChI is InChI=1S/C15H17ClN2O/c1-10(11-3-6-13(19-2)7-4-11)18-15-8-5-12(16)9-14(15)17/h3-10,18H,17H2,1-2H3. The summed E-state index contributed by atoms with van der Waals surface area (Å²) in [5.74, 6) is 0.849. The molecule has 0 aliphatic heterocycles. The Hall–Kier alpha value is -1.87. The quantitative estimate of drug-likeness (QED) is 0.827. The highest BCUT2D eigenvalue weighted by atomic mass is 35.5. The lowest BCUT2D eigenvalue weighted by molar-refractivity contribution is 0.414. The smallest absolute Gasteiger partial charge is 0.118 e. The van der Waals surface area contributed by atoms with Crippen molar-refractivity contribution in [2.45, 2.75) is 13.0 Å². The van der Waals surface area contributed by atoms with Crippen LogP contribution in [-0.2, 0) is 0 Å². The van der Waals surface area contributed by atoms with Crippen molar-refractivity contribution in [2.24, 2.45) is 0 Å². The lowest BCUT2D eigenvalue weighted by atomic mass is 10.1. The lowest BCUT2D eigenvalue weighted by Gasteiger charge is -2.17. The molecule has 2 aromatic carbocycles. The van der Waals surface area contributed by atoms with Crippen molar-refractivity contribution in [1.82, 2.24) is 0 Å². The summed E-state index contributed by atoms with van der Waals surface area (Å²) in [6.45, 7) is 2.08. The van der Waals surface area contributed by atoms with Crippen molar-refractivity contribution in [1.29, 1.82) is 0 Å². The fourth-order valence-electron chi connectivity index (χ4n) is 1.87. The molecule has 0 aliphatic carbocycles. The van der Waals surface area contributed by atoms with Gasteiger partial charge in [0.1, 0.15) is 5.75 Å². The number of nitrogens with one attached hydrogen (secondary N) is 1. The van der Waals surface area contributed by atoms with Gasteiger partial charge in [-0.1, -0.05) is 23.7 Å². The van der Waals surface area contributed by atoms with Crippen LogP contribution in [0.1, 0.15) is 18.5 Å². The highest BCUT2D eigenvalue weighted by Gasteiger charge is 2.07. The summed E-state index contributed by atoms with van der Waals surface area (Å²) in [5, 5.41) is 4.01. The molecule has 0 heterocycles. The van der Waals surface area contributed by atoms with E-state index >= 15 is 0 Å². The van der Waals surface area contributed by atoms with Gasteiger partial charge in [0.2, 0.25) is 0 Å². The van der Waals surface area contributed by atoms with Gasteiger partial charge in [-0.25, -0.2) is 0 Å². The van der Waals surface area contributed by atoms with Crippen LogP contribution in [0.15, 0.2) is 42.5 Å². The monoisotopic (exact) mass is 276 g/mol. The highest BCUT2D eigenvalue weighted by molar-refractivity contribution is 6.31. The Morgan fingerprint density at radius 1 is 1.16 bits per heavy atom. The minimum Gasteiger partial charge on any atom is -0.497 e. The molecule has 0 radical (unpaired) electrons. The van der Waals surface area contributed by atoms with E-state index in [-0.39, 0.29) is 6.04 Å². The van der Waals surface area contributed by atoms with Crippen molar-refractivity contribution < 1.29 is 4.74 Å². The van der Waals surface area contributed by atoms with Gasteiger partial charge in [-0.15, -0.1) is 0 Å². The summed E-state index contributed by atoms with van der Waals surface area (Å²) in [4.78, 5) is 0. The van der Waals surface area contributed by atoms with Gasteiger partial charge < -0.3 is 15.8 Å². The molecule has 0 saturated carbocycles. The first-order valence-corrected chi connectivity index (χ1v) is 6.43. The number of hydrogen-bond acceptors (Lipinski definition) is 3. The molecule has 19 heavy (non-hydrogen) atoms. The van der Waals surface area contributed by atoms with Crippen molar-refractivity contribution in [3.05, 3.63) is 53.1 Å². The van der Waals surface area contributed by atoms with E-state index in [0.717, 1.165) is 17.0 Å². The zero-order chi connectivity index (χ0) is 13.8. The molecule has 0 bridgehead atoms. The fraction of sp³-hybridized carbons (Fsp3) is 0.200. The summed E-state index contributed by atoms with van der Waals surface area (Å²) in [6.07, 6.45) is 0. The van der Waals surface area contributed by atoms with E-state index in [4.69, 9.17) is 22.1 Å². The molecule has 4 heteroatoms. The van der Waals surface area contributed by atoms with Gasteiger partial charge in [-0.05, 0) is 42.8 Å². The van der Waals surface area contributed by atoms with E-state index in [9.17, 15) is 0 Å². The normalized spacial score (nSPS) is 11.9. The Bertz CT molecular complexity index is 555. The molecule has 0 aliphatic rings. The molecule has 0 fully saturated rings. The number of halogens is 1. The van der Waals surface area contributed by atoms with Crippen molar-refractivity contribution in [2.75, 3.05) is 18.2 Å². The Balaban J connectivity index is 2.13. The molecule has 1 atom stereocenters. The molecule has 1 unspecified atom stereocenters. The second-order valence-electron chi connectivity index (χ2n) is 4.37. The number of nitrogens with two attached hydrogens (primary N) is 1. The predicted molar refractivity (Wildman–Crippen MR) is 80.9 cm³/mol. The van der Waals surface area contributed by atoms with E-state index in [0.29, 0.717) is 10.7 Å². The van der Waals surface area contributed by atoms with Crippen LogP contribution < -0.4 is 15.8 Å². The van der Waals surface area contributed by atoms with E-state index < -0.39 is 0 Å². The molecule has 0 aromatic heterocycles. The van der Waals surface area contributed by atoms with Gasteiger partial charge in [-0.2, -0.15) is 0 Å². The molecule has 0 spiro atoms. The highest BCUT2D eigenvalue weighted by Crippen LogP contribution is 2.27. The third kappa shape index (κ3) is 3.32. The zero-order valence-corrected chi connectivity index (χ0v) is 11.7. The van der Waals surface area contributed by atoms with E-state index in [2.05, 4.69) is 12.2 Å². The third-order valence-corrected chi connectivity index (χ3v) is 3.24. The molecule has 3 N–H and O–H groups in total. The number of nitrogen functional groups attached to an aromatic ring is 1. The minimum atomic E-state index is 0.148. The number of hydrogen-bond donors (Lipinski definition) is 2.